The number of alkyl halides is 3. The highest BCUT2D eigenvalue weighted by atomic mass is 19.4. The molecule has 0 bridgehead atoms. The molecule has 0 radical (unpaired) electrons. The zero-order valence-electron chi connectivity index (χ0n) is 18.8. The Labute approximate surface area is 199 Å². The standard InChI is InChI=1S/C26H23F4NO4/c1-2-10-35-23-9-6-18(17-5-3-4-16(11-17)12-24(32)33)13-19(23)15-31-25(34)21-8-7-20(14-22(21)27)26(28,29)30/h3-9,11,13-14H,2,10,12,15H2,1H3,(H,31,34)(H,32,33). The van der Waals surface area contributed by atoms with Gasteiger partial charge in [0.2, 0.25) is 0 Å². The number of ether oxygens (including phenoxy) is 1. The van der Waals surface area contributed by atoms with E-state index in [0.717, 1.165) is 23.6 Å². The monoisotopic (exact) mass is 489 g/mol. The van der Waals surface area contributed by atoms with E-state index in [1.165, 1.54) is 0 Å². The first kappa shape index (κ1) is 25.7. The Hall–Kier alpha value is -3.88. The van der Waals surface area contributed by atoms with Crippen LogP contribution in [0.15, 0.2) is 60.7 Å². The summed E-state index contributed by atoms with van der Waals surface area (Å²) in [4.78, 5) is 23.5. The maximum Gasteiger partial charge on any atom is 0.416 e. The molecule has 0 fully saturated rings. The average molecular weight is 489 g/mol. The molecule has 0 spiro atoms. The van der Waals surface area contributed by atoms with Crippen LogP contribution in [0, 0.1) is 5.82 Å². The van der Waals surface area contributed by atoms with Crippen LogP contribution in [0.4, 0.5) is 17.6 Å². The van der Waals surface area contributed by atoms with Crippen LogP contribution in [0.25, 0.3) is 11.1 Å². The maximum atomic E-state index is 14.2. The number of amides is 1. The maximum absolute atomic E-state index is 14.2. The molecule has 35 heavy (non-hydrogen) atoms. The molecule has 0 saturated carbocycles. The van der Waals surface area contributed by atoms with Crippen LogP contribution in [-0.4, -0.2) is 23.6 Å². The average Bonchev–Trinajstić information content (AvgIpc) is 2.80. The number of hydrogen-bond acceptors (Lipinski definition) is 3. The Morgan fingerprint density at radius 2 is 1.74 bits per heavy atom. The van der Waals surface area contributed by atoms with Gasteiger partial charge in [-0.15, -0.1) is 0 Å². The van der Waals surface area contributed by atoms with E-state index >= 15 is 0 Å². The summed E-state index contributed by atoms with van der Waals surface area (Å²) in [6, 6.07) is 14.0. The molecule has 9 heteroatoms. The molecule has 3 aromatic rings. The summed E-state index contributed by atoms with van der Waals surface area (Å²) in [5.74, 6) is -2.61. The smallest absolute Gasteiger partial charge is 0.416 e. The predicted octanol–water partition coefficient (Wildman–Crippen LogP) is 5.86. The minimum absolute atomic E-state index is 0.0685. The minimum atomic E-state index is -4.72. The van der Waals surface area contributed by atoms with Gasteiger partial charge in [-0.3, -0.25) is 9.59 Å². The lowest BCUT2D eigenvalue weighted by atomic mass is 9.99. The lowest BCUT2D eigenvalue weighted by Crippen LogP contribution is -2.24. The van der Waals surface area contributed by atoms with E-state index in [1.54, 1.807) is 36.4 Å². The third-order valence-electron chi connectivity index (χ3n) is 5.12. The molecule has 3 aromatic carbocycles. The van der Waals surface area contributed by atoms with Gasteiger partial charge >= 0.3 is 12.1 Å². The molecule has 2 N–H and O–H groups in total. The lowest BCUT2D eigenvalue weighted by Gasteiger charge is -2.15. The van der Waals surface area contributed by atoms with Crippen LogP contribution in [0.2, 0.25) is 0 Å². The van der Waals surface area contributed by atoms with Gasteiger partial charge in [0.15, 0.2) is 0 Å². The number of halogens is 4. The minimum Gasteiger partial charge on any atom is -0.493 e. The van der Waals surface area contributed by atoms with E-state index in [1.807, 2.05) is 13.0 Å². The molecule has 184 valence electrons. The van der Waals surface area contributed by atoms with E-state index < -0.39 is 35.0 Å². The molecule has 5 nitrogen and oxygen atoms in total. The number of aliphatic carboxylic acids is 1. The molecule has 0 heterocycles. The zero-order valence-corrected chi connectivity index (χ0v) is 18.8. The van der Waals surface area contributed by atoms with Crippen LogP contribution in [-0.2, 0) is 23.9 Å². The SMILES string of the molecule is CCCOc1ccc(-c2cccc(CC(=O)O)c2)cc1CNC(=O)c1ccc(C(F)(F)F)cc1F. The molecule has 0 aromatic heterocycles. The van der Waals surface area contributed by atoms with Crippen molar-refractivity contribution in [1.82, 2.24) is 5.32 Å². The van der Waals surface area contributed by atoms with Crippen molar-refractivity contribution < 1.29 is 37.0 Å². The fourth-order valence-electron chi connectivity index (χ4n) is 3.43. The predicted molar refractivity (Wildman–Crippen MR) is 122 cm³/mol. The quantitative estimate of drug-likeness (QED) is 0.370. The number of carbonyl (C=O) groups is 2. The number of carboxylic acids is 1. The van der Waals surface area contributed by atoms with Crippen molar-refractivity contribution in [2.45, 2.75) is 32.5 Å². The molecule has 0 unspecified atom stereocenters. The van der Waals surface area contributed by atoms with E-state index in [2.05, 4.69) is 5.32 Å². The van der Waals surface area contributed by atoms with Gasteiger partial charge in [-0.25, -0.2) is 4.39 Å². The van der Waals surface area contributed by atoms with Crippen molar-refractivity contribution in [2.75, 3.05) is 6.61 Å². The molecule has 1 amide bonds. The highest BCUT2D eigenvalue weighted by molar-refractivity contribution is 5.94. The number of hydrogen-bond donors (Lipinski definition) is 2. The Bertz CT molecular complexity index is 1220. The van der Waals surface area contributed by atoms with Crippen molar-refractivity contribution in [1.29, 1.82) is 0 Å². The summed E-state index contributed by atoms with van der Waals surface area (Å²) in [5, 5.41) is 11.6. The molecule has 3 rings (SSSR count). The second-order valence-electron chi connectivity index (χ2n) is 7.82. The van der Waals surface area contributed by atoms with Crippen LogP contribution in [0.5, 0.6) is 5.75 Å². The molecule has 0 aliphatic heterocycles. The number of benzene rings is 3. The summed E-state index contributed by atoms with van der Waals surface area (Å²) in [7, 11) is 0. The lowest BCUT2D eigenvalue weighted by molar-refractivity contribution is -0.138. The second kappa shape index (κ2) is 11.0. The van der Waals surface area contributed by atoms with Crippen LogP contribution >= 0.6 is 0 Å². The van der Waals surface area contributed by atoms with Gasteiger partial charge < -0.3 is 15.2 Å². The van der Waals surface area contributed by atoms with Crippen LogP contribution in [0.1, 0.15) is 40.4 Å². The second-order valence-corrected chi connectivity index (χ2v) is 7.82. The van der Waals surface area contributed by atoms with Crippen molar-refractivity contribution in [3.8, 4) is 16.9 Å². The molecular formula is C26H23F4NO4. The van der Waals surface area contributed by atoms with Gasteiger partial charge in [0.05, 0.1) is 24.2 Å². The van der Waals surface area contributed by atoms with Gasteiger partial charge in [0.25, 0.3) is 5.91 Å². The Kier molecular flexibility index (Phi) is 8.11. The summed E-state index contributed by atoms with van der Waals surface area (Å²) in [5.41, 5.74) is 0.999. The first-order valence-corrected chi connectivity index (χ1v) is 10.8. The summed E-state index contributed by atoms with van der Waals surface area (Å²) in [6.07, 6.45) is -4.11. The first-order valence-electron chi connectivity index (χ1n) is 10.8. The molecule has 0 saturated heterocycles. The molecule has 0 aliphatic carbocycles. The van der Waals surface area contributed by atoms with Crippen LogP contribution < -0.4 is 10.1 Å². The Morgan fingerprint density at radius 1 is 1.00 bits per heavy atom. The molecule has 0 aliphatic rings. The largest absolute Gasteiger partial charge is 0.493 e. The summed E-state index contributed by atoms with van der Waals surface area (Å²) in [6.45, 7) is 2.28. The van der Waals surface area contributed by atoms with Crippen molar-refractivity contribution in [3.63, 3.8) is 0 Å². The van der Waals surface area contributed by atoms with Gasteiger partial charge in [-0.1, -0.05) is 37.3 Å². The fourth-order valence-corrected chi connectivity index (χ4v) is 3.43. The van der Waals surface area contributed by atoms with Gasteiger partial charge in [-0.2, -0.15) is 13.2 Å². The number of carboxylic acid groups (broad SMARTS) is 1. The van der Waals surface area contributed by atoms with Crippen molar-refractivity contribution in [2.24, 2.45) is 0 Å². The van der Waals surface area contributed by atoms with E-state index in [4.69, 9.17) is 9.84 Å². The molecular weight excluding hydrogens is 466 g/mol. The summed E-state index contributed by atoms with van der Waals surface area (Å²) >= 11 is 0. The Morgan fingerprint density at radius 3 is 2.40 bits per heavy atom. The highest BCUT2D eigenvalue weighted by Crippen LogP contribution is 2.31. The van der Waals surface area contributed by atoms with Gasteiger partial charge in [-0.05, 0) is 53.4 Å². The van der Waals surface area contributed by atoms with E-state index in [0.29, 0.717) is 29.5 Å². The van der Waals surface area contributed by atoms with Crippen molar-refractivity contribution in [3.05, 3.63) is 88.7 Å². The van der Waals surface area contributed by atoms with E-state index in [9.17, 15) is 27.2 Å². The fraction of sp³-hybridized carbons (Fsp3) is 0.231. The third kappa shape index (κ3) is 6.81. The molecule has 0 atom stereocenters. The third-order valence-corrected chi connectivity index (χ3v) is 5.12. The number of nitrogens with one attached hydrogen (secondary N) is 1. The highest BCUT2D eigenvalue weighted by Gasteiger charge is 2.31. The summed E-state index contributed by atoms with van der Waals surface area (Å²) < 4.78 is 58.2. The first-order chi connectivity index (χ1) is 16.6. The van der Waals surface area contributed by atoms with Crippen LogP contribution in [0.3, 0.4) is 0 Å². The van der Waals surface area contributed by atoms with Gasteiger partial charge in [0, 0.05) is 12.1 Å². The van der Waals surface area contributed by atoms with Gasteiger partial charge in [0.1, 0.15) is 11.6 Å². The Balaban J connectivity index is 1.85. The van der Waals surface area contributed by atoms with E-state index in [-0.39, 0.29) is 19.0 Å². The normalized spacial score (nSPS) is 11.2. The number of carbonyl (C=O) groups excluding carboxylic acids is 1. The zero-order chi connectivity index (χ0) is 25.6. The number of rotatable bonds is 9. The topological polar surface area (TPSA) is 75.6 Å². The van der Waals surface area contributed by atoms with Crippen molar-refractivity contribution >= 4 is 11.9 Å².